The summed E-state index contributed by atoms with van der Waals surface area (Å²) in [6.07, 6.45) is 22.5. The maximum Gasteiger partial charge on any atom is 0.00411 e. The van der Waals surface area contributed by atoms with E-state index in [0.717, 1.165) is 18.4 Å². The molecular formula is C41H40N2. The van der Waals surface area contributed by atoms with Crippen LogP contribution in [-0.2, 0) is 0 Å². The predicted octanol–water partition coefficient (Wildman–Crippen LogP) is 10.7. The Morgan fingerprint density at radius 2 is 1.35 bits per heavy atom. The van der Waals surface area contributed by atoms with Gasteiger partial charge in [-0.1, -0.05) is 115 Å². The maximum absolute atomic E-state index is 5.39. The Labute approximate surface area is 255 Å². The Hall–Kier alpha value is -5.08. The fourth-order valence-electron chi connectivity index (χ4n) is 5.86. The minimum absolute atomic E-state index is 0.970. The minimum Gasteiger partial charge on any atom is -0.405 e. The van der Waals surface area contributed by atoms with E-state index >= 15 is 0 Å². The van der Waals surface area contributed by atoms with E-state index in [1.54, 1.807) is 6.20 Å². The molecule has 0 bridgehead atoms. The van der Waals surface area contributed by atoms with Crippen molar-refractivity contribution in [1.29, 1.82) is 0 Å². The van der Waals surface area contributed by atoms with E-state index in [1.807, 2.05) is 19.2 Å². The summed E-state index contributed by atoms with van der Waals surface area (Å²) in [4.78, 5) is 0. The summed E-state index contributed by atoms with van der Waals surface area (Å²) >= 11 is 0. The minimum atomic E-state index is 0.970. The zero-order valence-electron chi connectivity index (χ0n) is 25.3. The number of unbranched alkanes of at least 4 members (excludes halogenated alkanes) is 1. The Morgan fingerprint density at radius 1 is 0.698 bits per heavy atom. The van der Waals surface area contributed by atoms with Crippen LogP contribution in [0.1, 0.15) is 37.8 Å². The van der Waals surface area contributed by atoms with Gasteiger partial charge in [-0.25, -0.2) is 0 Å². The normalized spacial score (nSPS) is 13.2. The summed E-state index contributed by atoms with van der Waals surface area (Å²) in [6.45, 7) is 4.20. The van der Waals surface area contributed by atoms with Crippen molar-refractivity contribution in [2.45, 2.75) is 26.7 Å². The van der Waals surface area contributed by atoms with Gasteiger partial charge >= 0.3 is 0 Å². The monoisotopic (exact) mass is 560 g/mol. The number of nitrogens with one attached hydrogen (secondary N) is 1. The number of nitrogens with two attached hydrogens (primary N) is 1. The molecule has 43 heavy (non-hydrogen) atoms. The van der Waals surface area contributed by atoms with E-state index in [4.69, 9.17) is 5.73 Å². The lowest BCUT2D eigenvalue weighted by molar-refractivity contribution is 1.05. The Morgan fingerprint density at radius 3 is 2.00 bits per heavy atom. The molecule has 0 spiro atoms. The molecule has 0 saturated heterocycles. The molecule has 0 radical (unpaired) electrons. The van der Waals surface area contributed by atoms with Crippen molar-refractivity contribution in [2.75, 3.05) is 7.05 Å². The van der Waals surface area contributed by atoms with E-state index in [-0.39, 0.29) is 0 Å². The molecule has 3 N–H and O–H groups in total. The highest BCUT2D eigenvalue weighted by Crippen LogP contribution is 2.42. The SMILES string of the molecule is C/C=C\C(=C/C)c1c2ccccc2c(-c2ccc3cc(C(/C=C\CC/C=C\C=C/N)=C/NC)ccc3c2)c2ccccc12. The summed E-state index contributed by atoms with van der Waals surface area (Å²) in [5.41, 5.74) is 12.8. The van der Waals surface area contributed by atoms with E-state index in [9.17, 15) is 0 Å². The highest BCUT2D eigenvalue weighted by atomic mass is 14.8. The number of hydrogen-bond acceptors (Lipinski definition) is 2. The Balaban J connectivity index is 1.58. The fraction of sp³-hybridized carbons (Fsp3) is 0.122. The van der Waals surface area contributed by atoms with E-state index in [1.165, 1.54) is 60.1 Å². The molecule has 0 aliphatic heterocycles. The standard InChI is InChI=1S/C41H40N2/c1-4-16-30(5-2)40-36-18-11-13-20-38(36)41(39-21-14-12-19-37(39)40)34-25-24-31-27-33(23-22-32(31)28-34)35(29-43-3)17-10-8-6-7-9-15-26-42/h4-5,7,9-29,43H,6,8,42H2,1-3H3/b9-7-,16-4-,17-10-,26-15-,30-5+,35-29+. The summed E-state index contributed by atoms with van der Waals surface area (Å²) < 4.78 is 0. The molecule has 0 unspecified atom stereocenters. The predicted molar refractivity (Wildman–Crippen MR) is 191 cm³/mol. The third-order valence-corrected chi connectivity index (χ3v) is 7.80. The first kappa shape index (κ1) is 29.4. The van der Waals surface area contributed by atoms with E-state index < -0.39 is 0 Å². The van der Waals surface area contributed by atoms with Gasteiger partial charge in [0.1, 0.15) is 0 Å². The van der Waals surface area contributed by atoms with Crippen LogP contribution in [0.25, 0.3) is 54.6 Å². The van der Waals surface area contributed by atoms with Crippen LogP contribution in [0.15, 0.2) is 146 Å². The number of allylic oxidation sites excluding steroid dienone is 10. The zero-order chi connectivity index (χ0) is 30.0. The third-order valence-electron chi connectivity index (χ3n) is 7.80. The van der Waals surface area contributed by atoms with Gasteiger partial charge < -0.3 is 11.1 Å². The van der Waals surface area contributed by atoms with Crippen LogP contribution in [0.3, 0.4) is 0 Å². The van der Waals surface area contributed by atoms with Gasteiger partial charge in [-0.3, -0.25) is 0 Å². The van der Waals surface area contributed by atoms with Crippen LogP contribution in [0.5, 0.6) is 0 Å². The van der Waals surface area contributed by atoms with Crippen LogP contribution in [0.4, 0.5) is 0 Å². The smallest absolute Gasteiger partial charge is 0.00411 e. The van der Waals surface area contributed by atoms with Gasteiger partial charge in [0.2, 0.25) is 0 Å². The van der Waals surface area contributed by atoms with Gasteiger partial charge in [0.15, 0.2) is 0 Å². The van der Waals surface area contributed by atoms with Gasteiger partial charge in [-0.2, -0.15) is 0 Å². The molecule has 0 aliphatic rings. The molecule has 0 amide bonds. The van der Waals surface area contributed by atoms with E-state index in [0.29, 0.717) is 0 Å². The van der Waals surface area contributed by atoms with Crippen molar-refractivity contribution in [3.05, 3.63) is 157 Å². The molecule has 0 fully saturated rings. The van der Waals surface area contributed by atoms with Crippen LogP contribution < -0.4 is 11.1 Å². The number of benzene rings is 5. The molecule has 0 atom stereocenters. The molecule has 2 nitrogen and oxygen atoms in total. The molecular weight excluding hydrogens is 520 g/mol. The molecule has 5 rings (SSSR count). The molecule has 0 heterocycles. The van der Waals surface area contributed by atoms with E-state index in [2.05, 4.69) is 147 Å². The average molecular weight is 561 g/mol. The maximum atomic E-state index is 5.39. The van der Waals surface area contributed by atoms with Crippen LogP contribution >= 0.6 is 0 Å². The van der Waals surface area contributed by atoms with Crippen molar-refractivity contribution in [1.82, 2.24) is 5.32 Å². The Bertz CT molecular complexity index is 1870. The van der Waals surface area contributed by atoms with Crippen molar-refractivity contribution in [3.63, 3.8) is 0 Å². The van der Waals surface area contributed by atoms with Gasteiger partial charge in [0.25, 0.3) is 0 Å². The molecule has 0 saturated carbocycles. The number of fused-ring (bicyclic) bond motifs is 3. The van der Waals surface area contributed by atoms with Crippen molar-refractivity contribution in [2.24, 2.45) is 5.73 Å². The van der Waals surface area contributed by atoms with Gasteiger partial charge in [0.05, 0.1) is 0 Å². The van der Waals surface area contributed by atoms with Crippen LogP contribution in [-0.4, -0.2) is 7.05 Å². The Kier molecular flexibility index (Phi) is 9.71. The molecule has 5 aromatic rings. The first-order valence-corrected chi connectivity index (χ1v) is 15.0. The topological polar surface area (TPSA) is 38.0 Å². The van der Waals surface area contributed by atoms with Crippen LogP contribution in [0, 0.1) is 0 Å². The molecule has 214 valence electrons. The van der Waals surface area contributed by atoms with Crippen molar-refractivity contribution < 1.29 is 0 Å². The highest BCUT2D eigenvalue weighted by molar-refractivity contribution is 6.19. The zero-order valence-corrected chi connectivity index (χ0v) is 25.3. The third kappa shape index (κ3) is 6.39. The van der Waals surface area contributed by atoms with Gasteiger partial charge in [0, 0.05) is 13.2 Å². The lowest BCUT2D eigenvalue weighted by Gasteiger charge is -2.18. The number of rotatable bonds is 10. The lowest BCUT2D eigenvalue weighted by Crippen LogP contribution is -1.95. The quantitative estimate of drug-likeness (QED) is 0.101. The molecule has 0 aliphatic carbocycles. The fourth-order valence-corrected chi connectivity index (χ4v) is 5.86. The van der Waals surface area contributed by atoms with Crippen molar-refractivity contribution in [3.8, 4) is 11.1 Å². The second-order valence-corrected chi connectivity index (χ2v) is 10.5. The second kappa shape index (κ2) is 14.2. The lowest BCUT2D eigenvalue weighted by atomic mass is 9.85. The van der Waals surface area contributed by atoms with Gasteiger partial charge in [-0.15, -0.1) is 0 Å². The first-order chi connectivity index (χ1) is 21.2. The largest absolute Gasteiger partial charge is 0.405 e. The summed E-state index contributed by atoms with van der Waals surface area (Å²) in [5.74, 6) is 0. The average Bonchev–Trinajstić information content (AvgIpc) is 3.05. The molecule has 2 heteroatoms. The highest BCUT2D eigenvalue weighted by Gasteiger charge is 2.16. The number of hydrogen-bond donors (Lipinski definition) is 2. The molecule has 5 aromatic carbocycles. The summed E-state index contributed by atoms with van der Waals surface area (Å²) in [7, 11) is 1.95. The summed E-state index contributed by atoms with van der Waals surface area (Å²) in [6, 6.07) is 31.3. The summed E-state index contributed by atoms with van der Waals surface area (Å²) in [5, 5.41) is 10.8. The second-order valence-electron chi connectivity index (χ2n) is 10.5. The van der Waals surface area contributed by atoms with Crippen LogP contribution in [0.2, 0.25) is 0 Å². The molecule has 0 aromatic heterocycles. The van der Waals surface area contributed by atoms with Crippen molar-refractivity contribution >= 4 is 43.5 Å². The first-order valence-electron chi connectivity index (χ1n) is 15.0. The van der Waals surface area contributed by atoms with Gasteiger partial charge in [-0.05, 0) is 117 Å².